The number of carbonyl (C=O) groups is 1. The molecule has 0 fully saturated rings. The third-order valence-electron chi connectivity index (χ3n) is 2.07. The van der Waals surface area contributed by atoms with Crippen LogP contribution in [0, 0.1) is 6.92 Å². The Balaban J connectivity index is 2.43. The molecule has 80 valence electrons. The van der Waals surface area contributed by atoms with Crippen molar-refractivity contribution in [2.45, 2.75) is 26.7 Å². The van der Waals surface area contributed by atoms with Gasteiger partial charge in [0, 0.05) is 18.3 Å². The zero-order valence-electron chi connectivity index (χ0n) is 9.29. The van der Waals surface area contributed by atoms with Crippen molar-refractivity contribution < 1.29 is 4.79 Å². The highest BCUT2D eigenvalue weighted by Crippen LogP contribution is 2.08. The second-order valence-corrected chi connectivity index (χ2v) is 3.56. The quantitative estimate of drug-likeness (QED) is 0.744. The molecule has 0 saturated carbocycles. The SMILES string of the molecule is CCCC(=O)/C=C/Nc1ccc(C)cc1. The highest BCUT2D eigenvalue weighted by molar-refractivity contribution is 5.89. The van der Waals surface area contributed by atoms with E-state index in [1.165, 1.54) is 5.56 Å². The number of allylic oxidation sites excluding steroid dienone is 1. The summed E-state index contributed by atoms with van der Waals surface area (Å²) in [6.45, 7) is 4.05. The minimum Gasteiger partial charge on any atom is -0.362 e. The van der Waals surface area contributed by atoms with E-state index in [-0.39, 0.29) is 5.78 Å². The molecule has 0 unspecified atom stereocenters. The van der Waals surface area contributed by atoms with Gasteiger partial charge in [-0.15, -0.1) is 0 Å². The van der Waals surface area contributed by atoms with Gasteiger partial charge in [-0.05, 0) is 31.6 Å². The number of anilines is 1. The average molecular weight is 203 g/mol. The van der Waals surface area contributed by atoms with Gasteiger partial charge in [-0.2, -0.15) is 0 Å². The van der Waals surface area contributed by atoms with Gasteiger partial charge in [0.25, 0.3) is 0 Å². The molecule has 0 aliphatic rings. The molecular formula is C13H17NO. The van der Waals surface area contributed by atoms with E-state index in [0.29, 0.717) is 6.42 Å². The molecule has 1 aromatic carbocycles. The van der Waals surface area contributed by atoms with Gasteiger partial charge in [-0.25, -0.2) is 0 Å². The molecule has 0 aromatic heterocycles. The van der Waals surface area contributed by atoms with E-state index in [1.54, 1.807) is 12.3 Å². The molecule has 0 aliphatic heterocycles. The van der Waals surface area contributed by atoms with Crippen LogP contribution in [-0.2, 0) is 4.79 Å². The van der Waals surface area contributed by atoms with E-state index in [4.69, 9.17) is 0 Å². The van der Waals surface area contributed by atoms with Crippen LogP contribution in [0.1, 0.15) is 25.3 Å². The maximum Gasteiger partial charge on any atom is 0.157 e. The molecule has 0 heterocycles. The molecule has 1 aromatic rings. The molecule has 2 nitrogen and oxygen atoms in total. The normalized spacial score (nSPS) is 10.5. The monoisotopic (exact) mass is 203 g/mol. The topological polar surface area (TPSA) is 29.1 Å². The highest BCUT2D eigenvalue weighted by Gasteiger charge is 1.92. The fourth-order valence-corrected chi connectivity index (χ4v) is 1.21. The summed E-state index contributed by atoms with van der Waals surface area (Å²) in [5.74, 6) is 0.164. The second kappa shape index (κ2) is 6.02. The zero-order chi connectivity index (χ0) is 11.1. The van der Waals surface area contributed by atoms with Gasteiger partial charge >= 0.3 is 0 Å². The summed E-state index contributed by atoms with van der Waals surface area (Å²) < 4.78 is 0. The standard InChI is InChI=1S/C13H17NO/c1-3-4-13(15)9-10-14-12-7-5-11(2)6-8-12/h5-10,14H,3-4H2,1-2H3/b10-9+. The molecule has 15 heavy (non-hydrogen) atoms. The molecule has 0 saturated heterocycles. The fourth-order valence-electron chi connectivity index (χ4n) is 1.21. The Bertz CT molecular complexity index is 338. The lowest BCUT2D eigenvalue weighted by Crippen LogP contribution is -1.93. The van der Waals surface area contributed by atoms with E-state index in [2.05, 4.69) is 5.32 Å². The average Bonchev–Trinajstić information content (AvgIpc) is 2.21. The van der Waals surface area contributed by atoms with Crippen LogP contribution in [0.2, 0.25) is 0 Å². The summed E-state index contributed by atoms with van der Waals surface area (Å²) in [7, 11) is 0. The first-order valence-corrected chi connectivity index (χ1v) is 5.25. The molecular weight excluding hydrogens is 186 g/mol. The van der Waals surface area contributed by atoms with E-state index in [0.717, 1.165) is 12.1 Å². The van der Waals surface area contributed by atoms with Crippen LogP contribution in [0.5, 0.6) is 0 Å². The smallest absolute Gasteiger partial charge is 0.157 e. The van der Waals surface area contributed by atoms with Crippen molar-refractivity contribution in [2.75, 3.05) is 5.32 Å². The van der Waals surface area contributed by atoms with E-state index >= 15 is 0 Å². The lowest BCUT2D eigenvalue weighted by Gasteiger charge is -2.00. The highest BCUT2D eigenvalue weighted by atomic mass is 16.1. The molecule has 0 spiro atoms. The van der Waals surface area contributed by atoms with Crippen LogP contribution in [0.25, 0.3) is 0 Å². The molecule has 0 amide bonds. The first kappa shape index (κ1) is 11.5. The Kier molecular flexibility index (Phi) is 4.61. The van der Waals surface area contributed by atoms with Crippen LogP contribution in [-0.4, -0.2) is 5.78 Å². The largest absolute Gasteiger partial charge is 0.362 e. The van der Waals surface area contributed by atoms with Gasteiger partial charge in [0.2, 0.25) is 0 Å². The number of nitrogens with one attached hydrogen (secondary N) is 1. The lowest BCUT2D eigenvalue weighted by molar-refractivity contribution is -0.114. The molecule has 2 heteroatoms. The Labute approximate surface area is 91.0 Å². The number of rotatable bonds is 5. The number of benzene rings is 1. The third kappa shape index (κ3) is 4.45. The van der Waals surface area contributed by atoms with Crippen molar-refractivity contribution in [1.29, 1.82) is 0 Å². The number of hydrogen-bond donors (Lipinski definition) is 1. The zero-order valence-corrected chi connectivity index (χ0v) is 9.29. The third-order valence-corrected chi connectivity index (χ3v) is 2.07. The predicted molar refractivity (Wildman–Crippen MR) is 63.9 cm³/mol. The molecule has 1 rings (SSSR count). The van der Waals surface area contributed by atoms with Gasteiger partial charge in [-0.1, -0.05) is 24.6 Å². The summed E-state index contributed by atoms with van der Waals surface area (Å²) in [6, 6.07) is 8.04. The van der Waals surface area contributed by atoms with Gasteiger partial charge < -0.3 is 5.32 Å². The Morgan fingerprint density at radius 2 is 2.00 bits per heavy atom. The van der Waals surface area contributed by atoms with Crippen LogP contribution in [0.15, 0.2) is 36.5 Å². The Morgan fingerprint density at radius 1 is 1.33 bits per heavy atom. The summed E-state index contributed by atoms with van der Waals surface area (Å²) in [4.78, 5) is 11.2. The molecule has 0 atom stereocenters. The number of carbonyl (C=O) groups excluding carboxylic acids is 1. The van der Waals surface area contributed by atoms with Gasteiger partial charge in [-0.3, -0.25) is 4.79 Å². The summed E-state index contributed by atoms with van der Waals surface area (Å²) in [5, 5.41) is 3.06. The number of ketones is 1. The Morgan fingerprint density at radius 3 is 2.60 bits per heavy atom. The van der Waals surface area contributed by atoms with Crippen molar-refractivity contribution in [3.8, 4) is 0 Å². The van der Waals surface area contributed by atoms with Crippen molar-refractivity contribution in [2.24, 2.45) is 0 Å². The lowest BCUT2D eigenvalue weighted by atomic mass is 10.2. The van der Waals surface area contributed by atoms with Crippen LogP contribution >= 0.6 is 0 Å². The summed E-state index contributed by atoms with van der Waals surface area (Å²) >= 11 is 0. The van der Waals surface area contributed by atoms with Gasteiger partial charge in [0.05, 0.1) is 0 Å². The second-order valence-electron chi connectivity index (χ2n) is 3.56. The van der Waals surface area contributed by atoms with Gasteiger partial charge in [0.15, 0.2) is 5.78 Å². The minimum absolute atomic E-state index is 0.164. The fraction of sp³-hybridized carbons (Fsp3) is 0.308. The van der Waals surface area contributed by atoms with Crippen LogP contribution in [0.4, 0.5) is 5.69 Å². The van der Waals surface area contributed by atoms with E-state index in [1.807, 2.05) is 38.1 Å². The van der Waals surface area contributed by atoms with Crippen molar-refractivity contribution in [3.63, 3.8) is 0 Å². The Hall–Kier alpha value is -1.57. The van der Waals surface area contributed by atoms with Gasteiger partial charge in [0.1, 0.15) is 0 Å². The number of aryl methyl sites for hydroxylation is 1. The molecule has 0 aliphatic carbocycles. The molecule has 0 radical (unpaired) electrons. The first-order chi connectivity index (χ1) is 7.22. The maximum absolute atomic E-state index is 11.2. The van der Waals surface area contributed by atoms with E-state index in [9.17, 15) is 4.79 Å². The number of hydrogen-bond acceptors (Lipinski definition) is 2. The van der Waals surface area contributed by atoms with Crippen molar-refractivity contribution in [3.05, 3.63) is 42.1 Å². The molecule has 0 bridgehead atoms. The van der Waals surface area contributed by atoms with Crippen molar-refractivity contribution in [1.82, 2.24) is 0 Å². The van der Waals surface area contributed by atoms with E-state index < -0.39 is 0 Å². The first-order valence-electron chi connectivity index (χ1n) is 5.25. The minimum atomic E-state index is 0.164. The maximum atomic E-state index is 11.2. The van der Waals surface area contributed by atoms with Crippen LogP contribution < -0.4 is 5.32 Å². The molecule has 1 N–H and O–H groups in total. The summed E-state index contributed by atoms with van der Waals surface area (Å²) in [6.07, 6.45) is 4.80. The predicted octanol–water partition coefficient (Wildman–Crippen LogP) is 3.29. The van der Waals surface area contributed by atoms with Crippen LogP contribution in [0.3, 0.4) is 0 Å². The summed E-state index contributed by atoms with van der Waals surface area (Å²) in [5.41, 5.74) is 2.23. The van der Waals surface area contributed by atoms with Crippen molar-refractivity contribution >= 4 is 11.5 Å².